The van der Waals surface area contributed by atoms with E-state index in [1.807, 2.05) is 4.90 Å². The van der Waals surface area contributed by atoms with E-state index in [1.54, 1.807) is 0 Å². The number of nitrogens with two attached hydrogens (primary N) is 1. The number of hydrogen-bond donors (Lipinski definition) is 2. The van der Waals surface area contributed by atoms with E-state index < -0.39 is 17.3 Å². The Morgan fingerprint density at radius 3 is 2.39 bits per heavy atom. The molecule has 2 heterocycles. The fourth-order valence-electron chi connectivity index (χ4n) is 5.65. The monoisotopic (exact) mass is 510 g/mol. The first-order valence-corrected chi connectivity index (χ1v) is 13.0. The first-order valence-electron chi connectivity index (χ1n) is 13.0. The van der Waals surface area contributed by atoms with Crippen molar-refractivity contribution in [2.75, 3.05) is 39.3 Å². The summed E-state index contributed by atoms with van der Waals surface area (Å²) in [6, 6.07) is 5.31. The van der Waals surface area contributed by atoms with Crippen LogP contribution in [0.4, 0.5) is 18.0 Å². The molecule has 0 bridgehead atoms. The molecule has 2 amide bonds. The van der Waals surface area contributed by atoms with Gasteiger partial charge in [0.2, 0.25) is 5.91 Å². The van der Waals surface area contributed by atoms with E-state index in [0.717, 1.165) is 62.9 Å². The second-order valence-corrected chi connectivity index (χ2v) is 10.6. The summed E-state index contributed by atoms with van der Waals surface area (Å²) in [5.74, 6) is 0.537. The normalized spacial score (nSPS) is 24.7. The van der Waals surface area contributed by atoms with Crippen LogP contribution in [0.2, 0.25) is 0 Å². The number of ether oxygens (including phenoxy) is 1. The number of carbonyl (C=O) groups excluding carboxylic acids is 2. The van der Waals surface area contributed by atoms with Gasteiger partial charge in [-0.1, -0.05) is 12.1 Å². The smallest absolute Gasteiger partial charge is 0.416 e. The zero-order valence-corrected chi connectivity index (χ0v) is 20.7. The molecule has 2 saturated heterocycles. The third-order valence-corrected chi connectivity index (χ3v) is 7.87. The maximum Gasteiger partial charge on any atom is 0.416 e. The Labute approximate surface area is 210 Å². The third-order valence-electron chi connectivity index (χ3n) is 7.87. The van der Waals surface area contributed by atoms with Crippen LogP contribution in [0, 0.1) is 11.8 Å². The van der Waals surface area contributed by atoms with Crippen LogP contribution in [0.1, 0.15) is 56.1 Å². The van der Waals surface area contributed by atoms with Gasteiger partial charge in [0.15, 0.2) is 0 Å². The minimum atomic E-state index is -4.33. The minimum Gasteiger partial charge on any atom is -0.441 e. The van der Waals surface area contributed by atoms with Gasteiger partial charge in [-0.05, 0) is 62.3 Å². The van der Waals surface area contributed by atoms with E-state index in [2.05, 4.69) is 10.2 Å². The predicted molar refractivity (Wildman–Crippen MR) is 129 cm³/mol. The Bertz CT molecular complexity index is 893. The zero-order chi connectivity index (χ0) is 25.8. The summed E-state index contributed by atoms with van der Waals surface area (Å²) in [5.41, 5.74) is 5.20. The van der Waals surface area contributed by atoms with Crippen molar-refractivity contribution < 1.29 is 27.5 Å². The molecule has 0 radical (unpaired) electrons. The molecule has 1 spiro atoms. The molecule has 2 aliphatic heterocycles. The van der Waals surface area contributed by atoms with Crippen molar-refractivity contribution in [3.63, 3.8) is 0 Å². The van der Waals surface area contributed by atoms with E-state index in [4.69, 9.17) is 10.5 Å². The summed E-state index contributed by atoms with van der Waals surface area (Å²) in [6.45, 7) is 4.47. The zero-order valence-electron chi connectivity index (χ0n) is 20.7. The first-order chi connectivity index (χ1) is 17.2. The van der Waals surface area contributed by atoms with E-state index in [1.165, 1.54) is 12.1 Å². The van der Waals surface area contributed by atoms with Crippen molar-refractivity contribution in [2.45, 2.75) is 63.3 Å². The molecule has 36 heavy (non-hydrogen) atoms. The number of likely N-dealkylation sites (tertiary alicyclic amines) is 1. The molecule has 1 aliphatic carbocycles. The van der Waals surface area contributed by atoms with E-state index in [-0.39, 0.29) is 17.9 Å². The van der Waals surface area contributed by atoms with Crippen LogP contribution >= 0.6 is 0 Å². The van der Waals surface area contributed by atoms with Gasteiger partial charge in [-0.25, -0.2) is 4.79 Å². The number of piperidine rings is 1. The van der Waals surface area contributed by atoms with Gasteiger partial charge in [0, 0.05) is 51.5 Å². The predicted octanol–water partition coefficient (Wildman–Crippen LogP) is 3.76. The molecule has 4 rings (SSSR count). The topological polar surface area (TPSA) is 87.9 Å². The molecule has 3 aliphatic rings. The minimum absolute atomic E-state index is 0.0462. The van der Waals surface area contributed by atoms with Crippen LogP contribution in [-0.2, 0) is 22.3 Å². The van der Waals surface area contributed by atoms with E-state index in [9.17, 15) is 22.8 Å². The number of alkyl halides is 3. The molecule has 1 saturated carbocycles. The lowest BCUT2D eigenvalue weighted by molar-refractivity contribution is -0.137. The fraction of sp³-hybridized carbons (Fsp3) is 0.692. The van der Waals surface area contributed by atoms with Gasteiger partial charge in [-0.15, -0.1) is 0 Å². The number of halogens is 3. The molecule has 7 nitrogen and oxygen atoms in total. The maximum absolute atomic E-state index is 12.8. The average Bonchev–Trinajstić information content (AvgIpc) is 3.15. The number of benzene rings is 1. The third kappa shape index (κ3) is 6.70. The quantitative estimate of drug-likeness (QED) is 0.520. The van der Waals surface area contributed by atoms with Crippen molar-refractivity contribution in [1.82, 2.24) is 15.1 Å². The average molecular weight is 511 g/mol. The molecule has 0 aromatic heterocycles. The summed E-state index contributed by atoms with van der Waals surface area (Å²) in [5, 5.41) is 2.96. The van der Waals surface area contributed by atoms with Gasteiger partial charge in [0.25, 0.3) is 0 Å². The number of rotatable bonds is 8. The second kappa shape index (κ2) is 11.4. The molecule has 1 aromatic rings. The highest BCUT2D eigenvalue weighted by atomic mass is 19.4. The van der Waals surface area contributed by atoms with Gasteiger partial charge in [0.1, 0.15) is 5.60 Å². The fourth-order valence-corrected chi connectivity index (χ4v) is 5.65. The Kier molecular flexibility index (Phi) is 8.44. The van der Waals surface area contributed by atoms with Crippen LogP contribution in [-0.4, -0.2) is 66.7 Å². The van der Waals surface area contributed by atoms with E-state index >= 15 is 0 Å². The molecule has 3 N–H and O–H groups in total. The number of hydrogen-bond acceptors (Lipinski definition) is 5. The standard InChI is InChI=1S/C26H37F3N4O3/c27-26(28,29)22-8-4-19(5-9-22)16-32-14-10-25(11-15-32)18-33(24(35)36-25)17-20-2-6-21(7-3-20)23(34)31-13-1-12-30/h4-5,8-9,20-21H,1-3,6-7,10-18,30H2,(H,31,34)/t20-,21-. The number of amides is 2. The van der Waals surface area contributed by atoms with Crippen molar-refractivity contribution in [2.24, 2.45) is 17.6 Å². The molecular formula is C26H37F3N4O3. The van der Waals surface area contributed by atoms with Crippen molar-refractivity contribution in [3.8, 4) is 0 Å². The molecule has 0 unspecified atom stereocenters. The lowest BCUT2D eigenvalue weighted by Gasteiger charge is -2.37. The number of nitrogens with one attached hydrogen (secondary N) is 1. The Morgan fingerprint density at radius 1 is 1.11 bits per heavy atom. The highest BCUT2D eigenvalue weighted by Gasteiger charge is 2.47. The van der Waals surface area contributed by atoms with Gasteiger partial charge >= 0.3 is 12.3 Å². The molecule has 200 valence electrons. The highest BCUT2D eigenvalue weighted by Crippen LogP contribution is 2.36. The summed E-state index contributed by atoms with van der Waals surface area (Å²) in [7, 11) is 0. The molecule has 0 atom stereocenters. The first kappa shape index (κ1) is 26.7. The Hall–Kier alpha value is -2.33. The van der Waals surface area contributed by atoms with Gasteiger partial charge in [0.05, 0.1) is 12.1 Å². The van der Waals surface area contributed by atoms with Crippen molar-refractivity contribution >= 4 is 12.0 Å². The van der Waals surface area contributed by atoms with Crippen LogP contribution in [0.3, 0.4) is 0 Å². The van der Waals surface area contributed by atoms with Crippen molar-refractivity contribution in [1.29, 1.82) is 0 Å². The largest absolute Gasteiger partial charge is 0.441 e. The SMILES string of the molecule is NCCCNC(=O)[C@H]1CC[C@H](CN2CC3(CCN(Cc4ccc(C(F)(F)F)cc4)CC3)OC2=O)CC1. The van der Waals surface area contributed by atoms with E-state index in [0.29, 0.717) is 51.5 Å². The maximum atomic E-state index is 12.8. The highest BCUT2D eigenvalue weighted by molar-refractivity contribution is 5.78. The van der Waals surface area contributed by atoms with Gasteiger partial charge in [-0.3, -0.25) is 9.69 Å². The summed E-state index contributed by atoms with van der Waals surface area (Å²) in [6.07, 6.45) is 1.15. The number of nitrogens with zero attached hydrogens (tertiary/aromatic N) is 2. The van der Waals surface area contributed by atoms with Gasteiger partial charge < -0.3 is 20.7 Å². The second-order valence-electron chi connectivity index (χ2n) is 10.6. The summed E-state index contributed by atoms with van der Waals surface area (Å²) in [4.78, 5) is 29.0. The Morgan fingerprint density at radius 2 is 1.78 bits per heavy atom. The van der Waals surface area contributed by atoms with Crippen LogP contribution < -0.4 is 11.1 Å². The molecular weight excluding hydrogens is 473 g/mol. The summed E-state index contributed by atoms with van der Waals surface area (Å²) >= 11 is 0. The lowest BCUT2D eigenvalue weighted by Crippen LogP contribution is -2.46. The van der Waals surface area contributed by atoms with Gasteiger partial charge in [-0.2, -0.15) is 13.2 Å². The van der Waals surface area contributed by atoms with Crippen LogP contribution in [0.5, 0.6) is 0 Å². The molecule has 3 fully saturated rings. The van der Waals surface area contributed by atoms with Crippen LogP contribution in [0.15, 0.2) is 24.3 Å². The molecule has 1 aromatic carbocycles. The molecule has 10 heteroatoms. The number of carbonyl (C=O) groups is 2. The lowest BCUT2D eigenvalue weighted by atomic mass is 9.81. The van der Waals surface area contributed by atoms with Crippen LogP contribution in [0.25, 0.3) is 0 Å². The Balaban J connectivity index is 1.20. The van der Waals surface area contributed by atoms with Crippen molar-refractivity contribution in [3.05, 3.63) is 35.4 Å². The summed E-state index contributed by atoms with van der Waals surface area (Å²) < 4.78 is 44.2.